The molecule has 0 amide bonds. The van der Waals surface area contributed by atoms with E-state index in [0.29, 0.717) is 0 Å². The van der Waals surface area contributed by atoms with Crippen molar-refractivity contribution in [3.8, 4) is 0 Å². The van der Waals surface area contributed by atoms with E-state index in [4.69, 9.17) is 0 Å². The second-order valence-corrected chi connectivity index (χ2v) is 1.15. The van der Waals surface area contributed by atoms with Crippen LogP contribution in [-0.2, 0) is 0 Å². The number of nitrogens with zero attached hydrogens (tertiary/aromatic N) is 1. The molecule has 3 heteroatoms. The summed E-state index contributed by atoms with van der Waals surface area (Å²) in [5.74, 6) is 0. The Morgan fingerprint density at radius 3 is 2.75 bits per heavy atom. The first-order valence-corrected chi connectivity index (χ1v) is 2.47. The summed E-state index contributed by atoms with van der Waals surface area (Å²) in [7, 11) is 1.74. The lowest BCUT2D eigenvalue weighted by Gasteiger charge is -1.85. The Morgan fingerprint density at radius 1 is 1.50 bits per heavy atom. The molecule has 0 aliphatic rings. The summed E-state index contributed by atoms with van der Waals surface area (Å²) in [5.41, 5.74) is 2.60. The molecule has 0 spiro atoms. The summed E-state index contributed by atoms with van der Waals surface area (Å²) in [5, 5.41) is 6.47. The van der Waals surface area contributed by atoms with Gasteiger partial charge in [-0.15, -0.1) is 0 Å². The van der Waals surface area contributed by atoms with Crippen molar-refractivity contribution in [3.05, 3.63) is 12.3 Å². The van der Waals surface area contributed by atoms with Crippen molar-refractivity contribution in [1.82, 2.24) is 10.7 Å². The Hall–Kier alpha value is -0.990. The van der Waals surface area contributed by atoms with Crippen LogP contribution in [-0.4, -0.2) is 13.4 Å². The molecule has 0 saturated carbocycles. The molecule has 0 unspecified atom stereocenters. The lowest BCUT2D eigenvalue weighted by Crippen LogP contribution is -2.04. The third-order valence-corrected chi connectivity index (χ3v) is 0.531. The van der Waals surface area contributed by atoms with E-state index in [1.165, 1.54) is 0 Å². The van der Waals surface area contributed by atoms with Gasteiger partial charge >= 0.3 is 0 Å². The van der Waals surface area contributed by atoms with E-state index in [1.54, 1.807) is 19.6 Å². The minimum Gasteiger partial charge on any atom is -0.352 e. The highest BCUT2D eigenvalue weighted by Gasteiger charge is 1.59. The Morgan fingerprint density at radius 2 is 2.25 bits per heavy atom. The molecule has 0 heterocycles. The number of hydrogen-bond acceptors (Lipinski definition) is 2. The molecular formula is C5H11N3. The molecule has 0 aromatic carbocycles. The number of hydrazone groups is 1. The quantitative estimate of drug-likeness (QED) is 0.313. The zero-order valence-electron chi connectivity index (χ0n) is 5.18. The summed E-state index contributed by atoms with van der Waals surface area (Å²) in [6.45, 7) is 1.93. The second-order valence-electron chi connectivity index (χ2n) is 1.15. The van der Waals surface area contributed by atoms with E-state index in [2.05, 4.69) is 15.8 Å². The van der Waals surface area contributed by atoms with Crippen LogP contribution in [0.4, 0.5) is 0 Å². The first-order chi connectivity index (χ1) is 3.91. The monoisotopic (exact) mass is 113 g/mol. The van der Waals surface area contributed by atoms with E-state index in [9.17, 15) is 0 Å². The molecule has 0 bridgehead atoms. The zero-order chi connectivity index (χ0) is 6.24. The third kappa shape index (κ3) is 5.01. The Kier molecular flexibility index (Phi) is 5.27. The molecule has 0 aliphatic heterocycles. The predicted octanol–water partition coefficient (Wildman–Crippen LogP) is 0.272. The minimum atomic E-state index is 1.57. The van der Waals surface area contributed by atoms with E-state index in [0.717, 1.165) is 0 Å². The van der Waals surface area contributed by atoms with Crippen LogP contribution in [0.3, 0.4) is 0 Å². The molecule has 0 aromatic heterocycles. The van der Waals surface area contributed by atoms with Crippen LogP contribution in [0.2, 0.25) is 0 Å². The first kappa shape index (κ1) is 7.01. The number of allylic oxidation sites excluding steroid dienone is 1. The lowest BCUT2D eigenvalue weighted by atomic mass is 10.7. The Bertz CT molecular complexity index is 85.7. The molecule has 0 atom stereocenters. The fourth-order valence-corrected chi connectivity index (χ4v) is 0.241. The van der Waals surface area contributed by atoms with Crippen LogP contribution < -0.4 is 10.7 Å². The normalized spacial score (nSPS) is 10.8. The van der Waals surface area contributed by atoms with Crippen molar-refractivity contribution in [3.63, 3.8) is 0 Å². The first-order valence-electron chi connectivity index (χ1n) is 2.47. The summed E-state index contributed by atoms with van der Waals surface area (Å²) in [4.78, 5) is 0. The lowest BCUT2D eigenvalue weighted by molar-refractivity contribution is 0.899. The van der Waals surface area contributed by atoms with Gasteiger partial charge in [0.05, 0.1) is 0 Å². The van der Waals surface area contributed by atoms with E-state index >= 15 is 0 Å². The molecule has 0 aromatic rings. The molecule has 46 valence electrons. The highest BCUT2D eigenvalue weighted by Crippen LogP contribution is 1.57. The van der Waals surface area contributed by atoms with Gasteiger partial charge in [0, 0.05) is 7.05 Å². The van der Waals surface area contributed by atoms with Crippen molar-refractivity contribution in [1.29, 1.82) is 0 Å². The van der Waals surface area contributed by atoms with Crippen LogP contribution in [0, 0.1) is 0 Å². The largest absolute Gasteiger partial charge is 0.352 e. The molecule has 0 fully saturated rings. The SMILES string of the molecule is C/C=C/N/C=N\NC. The molecule has 0 saturated heterocycles. The maximum absolute atomic E-state index is 3.67. The average Bonchev–Trinajstić information content (AvgIpc) is 1.81. The van der Waals surface area contributed by atoms with Crippen molar-refractivity contribution in [2.24, 2.45) is 5.10 Å². The van der Waals surface area contributed by atoms with Gasteiger partial charge in [0.2, 0.25) is 0 Å². The van der Waals surface area contributed by atoms with Crippen LogP contribution in [0.15, 0.2) is 17.4 Å². The fourth-order valence-electron chi connectivity index (χ4n) is 0.241. The van der Waals surface area contributed by atoms with Gasteiger partial charge in [-0.05, 0) is 13.1 Å². The van der Waals surface area contributed by atoms with Gasteiger partial charge in [-0.3, -0.25) is 0 Å². The van der Waals surface area contributed by atoms with Gasteiger partial charge in [-0.25, -0.2) is 0 Å². The molecule has 8 heavy (non-hydrogen) atoms. The summed E-state index contributed by atoms with van der Waals surface area (Å²) >= 11 is 0. The second kappa shape index (κ2) is 6.01. The van der Waals surface area contributed by atoms with Crippen molar-refractivity contribution in [2.75, 3.05) is 7.05 Å². The van der Waals surface area contributed by atoms with E-state index < -0.39 is 0 Å². The van der Waals surface area contributed by atoms with Gasteiger partial charge < -0.3 is 10.7 Å². The minimum absolute atomic E-state index is 1.57. The molecule has 0 aliphatic carbocycles. The summed E-state index contributed by atoms with van der Waals surface area (Å²) in [6, 6.07) is 0. The standard InChI is InChI=1S/C5H11N3/c1-3-4-7-5-8-6-2/h3-6H,1-2H3,(H,7,8)/b4-3+. The Labute approximate surface area is 49.5 Å². The zero-order valence-corrected chi connectivity index (χ0v) is 5.18. The average molecular weight is 113 g/mol. The van der Waals surface area contributed by atoms with E-state index in [-0.39, 0.29) is 0 Å². The predicted molar refractivity (Wildman–Crippen MR) is 35.5 cm³/mol. The smallest absolute Gasteiger partial charge is 0.112 e. The molecule has 2 N–H and O–H groups in total. The van der Waals surface area contributed by atoms with Crippen molar-refractivity contribution in [2.45, 2.75) is 6.92 Å². The van der Waals surface area contributed by atoms with Gasteiger partial charge in [0.1, 0.15) is 6.34 Å². The Balaban J connectivity index is 3.03. The molecule has 0 radical (unpaired) electrons. The number of hydrogen-bond donors (Lipinski definition) is 2. The summed E-state index contributed by atoms with van der Waals surface area (Å²) in [6.07, 6.45) is 5.25. The fraction of sp³-hybridized carbons (Fsp3) is 0.400. The number of nitrogens with one attached hydrogen (secondary N) is 2. The van der Waals surface area contributed by atoms with Gasteiger partial charge in [-0.1, -0.05) is 6.08 Å². The molecule has 3 nitrogen and oxygen atoms in total. The molecule has 0 rings (SSSR count). The maximum Gasteiger partial charge on any atom is 0.112 e. The van der Waals surface area contributed by atoms with Crippen molar-refractivity contribution >= 4 is 6.34 Å². The summed E-state index contributed by atoms with van der Waals surface area (Å²) < 4.78 is 0. The van der Waals surface area contributed by atoms with Crippen LogP contribution in [0.25, 0.3) is 0 Å². The van der Waals surface area contributed by atoms with Crippen LogP contribution >= 0.6 is 0 Å². The van der Waals surface area contributed by atoms with Gasteiger partial charge in [0.15, 0.2) is 0 Å². The van der Waals surface area contributed by atoms with Gasteiger partial charge in [0.25, 0.3) is 0 Å². The van der Waals surface area contributed by atoms with Crippen LogP contribution in [0.1, 0.15) is 6.92 Å². The van der Waals surface area contributed by atoms with E-state index in [1.807, 2.05) is 13.0 Å². The topological polar surface area (TPSA) is 36.4 Å². The van der Waals surface area contributed by atoms with Gasteiger partial charge in [-0.2, -0.15) is 5.10 Å². The number of rotatable bonds is 3. The highest BCUT2D eigenvalue weighted by molar-refractivity contribution is 5.55. The van der Waals surface area contributed by atoms with Crippen molar-refractivity contribution < 1.29 is 0 Å². The maximum atomic E-state index is 3.67. The molecular weight excluding hydrogens is 102 g/mol. The van der Waals surface area contributed by atoms with Crippen LogP contribution in [0.5, 0.6) is 0 Å². The highest BCUT2D eigenvalue weighted by atomic mass is 15.3. The third-order valence-electron chi connectivity index (χ3n) is 0.531.